The van der Waals surface area contributed by atoms with Crippen molar-refractivity contribution in [3.05, 3.63) is 58.6 Å². The maximum atomic E-state index is 14.9. The van der Waals surface area contributed by atoms with Crippen molar-refractivity contribution in [1.29, 1.82) is 0 Å². The van der Waals surface area contributed by atoms with Crippen LogP contribution in [0.5, 0.6) is 5.75 Å². The average molecular weight is 402 g/mol. The molecule has 0 atom stereocenters. The zero-order valence-electron chi connectivity index (χ0n) is 14.3. The quantitative estimate of drug-likeness (QED) is 0.501. The van der Waals surface area contributed by atoms with Gasteiger partial charge in [0.2, 0.25) is 0 Å². The molecule has 0 amide bonds. The summed E-state index contributed by atoms with van der Waals surface area (Å²) >= 11 is 0. The van der Waals surface area contributed by atoms with Crippen LogP contribution < -0.4 is 4.74 Å². The lowest BCUT2D eigenvalue weighted by Gasteiger charge is -2.19. The number of ether oxygens (including phenoxy) is 2. The lowest BCUT2D eigenvalue weighted by Crippen LogP contribution is -2.18. The summed E-state index contributed by atoms with van der Waals surface area (Å²) in [5.41, 5.74) is -0.554. The minimum absolute atomic E-state index is 0.102. The van der Waals surface area contributed by atoms with Crippen LogP contribution in [0.4, 0.5) is 26.3 Å². The summed E-state index contributed by atoms with van der Waals surface area (Å²) in [6, 6.07) is 3.14. The van der Waals surface area contributed by atoms with Gasteiger partial charge in [-0.05, 0) is 47.4 Å². The van der Waals surface area contributed by atoms with Crippen LogP contribution in [0.2, 0.25) is 0 Å². The molecule has 3 nitrogen and oxygen atoms in total. The number of halogens is 6. The van der Waals surface area contributed by atoms with Crippen LogP contribution in [0.25, 0.3) is 17.2 Å². The molecule has 28 heavy (non-hydrogen) atoms. The summed E-state index contributed by atoms with van der Waals surface area (Å²) in [7, 11) is 0. The number of fused-ring (bicyclic) bond motifs is 1. The van der Waals surface area contributed by atoms with E-state index in [-0.39, 0.29) is 35.3 Å². The molecule has 0 fully saturated rings. The Labute approximate surface area is 155 Å². The molecule has 0 heterocycles. The molecular weight excluding hydrogens is 390 g/mol. The maximum absolute atomic E-state index is 14.9. The smallest absolute Gasteiger partial charge is 0.431 e. The molecule has 0 saturated carbocycles. The number of carbonyl (C=O) groups excluding carboxylic acids is 1. The Morgan fingerprint density at radius 3 is 2.36 bits per heavy atom. The van der Waals surface area contributed by atoms with Crippen LogP contribution in [0.15, 0.2) is 30.0 Å². The molecule has 1 aliphatic rings. The fourth-order valence-electron chi connectivity index (χ4n) is 2.95. The van der Waals surface area contributed by atoms with Gasteiger partial charge in [0.1, 0.15) is 17.4 Å². The van der Waals surface area contributed by atoms with Crippen molar-refractivity contribution in [3.8, 4) is 16.9 Å². The topological polar surface area (TPSA) is 35.5 Å². The number of esters is 1. The van der Waals surface area contributed by atoms with Crippen LogP contribution in [0.1, 0.15) is 24.5 Å². The van der Waals surface area contributed by atoms with Gasteiger partial charge in [-0.3, -0.25) is 4.79 Å². The molecule has 3 rings (SSSR count). The largest absolute Gasteiger partial charge is 0.573 e. The van der Waals surface area contributed by atoms with Gasteiger partial charge in [0.15, 0.2) is 11.6 Å². The Kier molecular flexibility index (Phi) is 5.10. The van der Waals surface area contributed by atoms with E-state index < -0.39 is 41.1 Å². The van der Waals surface area contributed by atoms with Gasteiger partial charge in [-0.2, -0.15) is 0 Å². The van der Waals surface area contributed by atoms with Crippen LogP contribution in [0, 0.1) is 17.5 Å². The molecule has 2 aromatic carbocycles. The second kappa shape index (κ2) is 7.21. The summed E-state index contributed by atoms with van der Waals surface area (Å²) in [5.74, 6) is -4.83. The summed E-state index contributed by atoms with van der Waals surface area (Å²) in [6.45, 7) is 1.20. The number of alkyl halides is 3. The SMILES string of the molecule is CC(=O)OC1=Cc2cc(F)c(-c3ccc(OC(F)(F)F)c(F)c3)c(F)c2CC1. The van der Waals surface area contributed by atoms with Crippen molar-refractivity contribution >= 4 is 12.0 Å². The first-order chi connectivity index (χ1) is 13.0. The van der Waals surface area contributed by atoms with Crippen molar-refractivity contribution < 1.29 is 40.6 Å². The highest BCUT2D eigenvalue weighted by atomic mass is 19.4. The van der Waals surface area contributed by atoms with E-state index in [0.29, 0.717) is 12.1 Å². The highest BCUT2D eigenvalue weighted by Crippen LogP contribution is 2.37. The average Bonchev–Trinajstić information content (AvgIpc) is 2.55. The molecule has 0 bridgehead atoms. The Morgan fingerprint density at radius 1 is 1.04 bits per heavy atom. The molecular formula is C19H12F6O3. The third-order valence-electron chi connectivity index (χ3n) is 4.01. The zero-order valence-corrected chi connectivity index (χ0v) is 14.3. The molecule has 0 aliphatic heterocycles. The summed E-state index contributed by atoms with van der Waals surface area (Å²) in [4.78, 5) is 11.0. The van der Waals surface area contributed by atoms with E-state index >= 15 is 0 Å². The van der Waals surface area contributed by atoms with E-state index in [4.69, 9.17) is 4.74 Å². The van der Waals surface area contributed by atoms with E-state index in [2.05, 4.69) is 4.74 Å². The first-order valence-corrected chi connectivity index (χ1v) is 8.00. The van der Waals surface area contributed by atoms with Crippen molar-refractivity contribution in [2.24, 2.45) is 0 Å². The normalized spacial score (nSPS) is 13.6. The van der Waals surface area contributed by atoms with Gasteiger partial charge in [-0.25, -0.2) is 13.2 Å². The highest BCUT2D eigenvalue weighted by molar-refractivity contribution is 5.73. The Bertz CT molecular complexity index is 979. The first kappa shape index (κ1) is 19.8. The predicted molar refractivity (Wildman–Crippen MR) is 86.5 cm³/mol. The van der Waals surface area contributed by atoms with E-state index in [0.717, 1.165) is 12.1 Å². The summed E-state index contributed by atoms with van der Waals surface area (Å²) in [5, 5.41) is 0. The highest BCUT2D eigenvalue weighted by Gasteiger charge is 2.32. The molecule has 0 spiro atoms. The molecule has 0 saturated heterocycles. The van der Waals surface area contributed by atoms with E-state index in [1.165, 1.54) is 13.0 Å². The number of carbonyl (C=O) groups is 1. The monoisotopic (exact) mass is 402 g/mol. The number of hydrogen-bond donors (Lipinski definition) is 0. The van der Waals surface area contributed by atoms with Gasteiger partial charge in [-0.15, -0.1) is 13.2 Å². The Balaban J connectivity index is 2.02. The lowest BCUT2D eigenvalue weighted by molar-refractivity contribution is -0.275. The van der Waals surface area contributed by atoms with Crippen LogP contribution in [0.3, 0.4) is 0 Å². The number of benzene rings is 2. The van der Waals surface area contributed by atoms with Crippen LogP contribution in [-0.2, 0) is 16.0 Å². The number of hydrogen-bond acceptors (Lipinski definition) is 3. The van der Waals surface area contributed by atoms with Gasteiger partial charge in [0.25, 0.3) is 0 Å². The fraction of sp³-hybridized carbons (Fsp3) is 0.211. The molecule has 0 aromatic heterocycles. The van der Waals surface area contributed by atoms with Crippen LogP contribution >= 0.6 is 0 Å². The molecule has 0 unspecified atom stereocenters. The fourth-order valence-corrected chi connectivity index (χ4v) is 2.95. The van der Waals surface area contributed by atoms with Gasteiger partial charge in [0, 0.05) is 13.3 Å². The Hall–Kier alpha value is -2.97. The van der Waals surface area contributed by atoms with E-state index in [1.54, 1.807) is 0 Å². The summed E-state index contributed by atoms with van der Waals surface area (Å²) < 4.78 is 88.4. The Morgan fingerprint density at radius 2 is 1.75 bits per heavy atom. The van der Waals surface area contributed by atoms with Gasteiger partial charge < -0.3 is 9.47 Å². The van der Waals surface area contributed by atoms with E-state index in [1.807, 2.05) is 0 Å². The molecule has 9 heteroatoms. The number of allylic oxidation sites excluding steroid dienone is 1. The van der Waals surface area contributed by atoms with Gasteiger partial charge in [-0.1, -0.05) is 6.07 Å². The molecule has 2 aromatic rings. The van der Waals surface area contributed by atoms with Gasteiger partial charge in [0.05, 0.1) is 5.56 Å². The lowest BCUT2D eigenvalue weighted by atomic mass is 9.91. The predicted octanol–water partition coefficient (Wildman–Crippen LogP) is 5.52. The van der Waals surface area contributed by atoms with Crippen molar-refractivity contribution in [1.82, 2.24) is 0 Å². The molecule has 148 valence electrons. The number of rotatable bonds is 3. The van der Waals surface area contributed by atoms with Crippen molar-refractivity contribution in [3.63, 3.8) is 0 Å². The third kappa shape index (κ3) is 4.13. The first-order valence-electron chi connectivity index (χ1n) is 8.00. The van der Waals surface area contributed by atoms with Crippen molar-refractivity contribution in [2.45, 2.75) is 26.1 Å². The second-order valence-electron chi connectivity index (χ2n) is 6.01. The zero-order chi connectivity index (χ0) is 20.6. The summed E-state index contributed by atoms with van der Waals surface area (Å²) in [6.07, 6.45) is -3.47. The van der Waals surface area contributed by atoms with E-state index in [9.17, 15) is 31.1 Å². The maximum Gasteiger partial charge on any atom is 0.573 e. The minimum Gasteiger partial charge on any atom is -0.431 e. The standard InChI is InChI=1S/C19H12F6O3/c1-9(26)27-12-3-4-13-11(6-12)8-15(21)17(18(13)22)10-2-5-16(14(20)7-10)28-19(23,24)25/h2,5-8H,3-4H2,1H3. The minimum atomic E-state index is -5.10. The third-order valence-corrected chi connectivity index (χ3v) is 4.01. The van der Waals surface area contributed by atoms with Gasteiger partial charge >= 0.3 is 12.3 Å². The second-order valence-corrected chi connectivity index (χ2v) is 6.01. The van der Waals surface area contributed by atoms with Crippen molar-refractivity contribution in [2.75, 3.05) is 0 Å². The molecule has 1 aliphatic carbocycles. The molecule has 0 N–H and O–H groups in total. The van der Waals surface area contributed by atoms with Crippen LogP contribution in [-0.4, -0.2) is 12.3 Å². The molecule has 0 radical (unpaired) electrons.